The van der Waals surface area contributed by atoms with Crippen LogP contribution in [-0.4, -0.2) is 84.3 Å². The van der Waals surface area contributed by atoms with E-state index in [0.717, 1.165) is 25.7 Å². The number of carbonyl (C=O) groups excluding carboxylic acids is 6. The number of alkyl carbamates (subject to hydrolysis) is 1. The van der Waals surface area contributed by atoms with Crippen molar-refractivity contribution in [3.8, 4) is 0 Å². The number of amides is 5. The molecule has 3 unspecified atom stereocenters. The lowest BCUT2D eigenvalue weighted by Gasteiger charge is -2.38. The molecule has 4 aliphatic rings. The van der Waals surface area contributed by atoms with E-state index < -0.39 is 64.6 Å². The van der Waals surface area contributed by atoms with Crippen LogP contribution in [0.1, 0.15) is 80.6 Å². The number of nitrogens with one attached hydrogen (secondary N) is 4. The Hall–Kier alpha value is -3.18. The van der Waals surface area contributed by atoms with Gasteiger partial charge in [-0.05, 0) is 60.2 Å². The molecule has 2 aliphatic carbocycles. The number of methoxy groups -OCH3 is 1. The number of likely N-dealkylation sites (tertiary alicyclic amines) is 1. The van der Waals surface area contributed by atoms with E-state index in [2.05, 4.69) is 21.3 Å². The SMILES string of the molecule is CCC1C2CC[C@H]3CN(C(=O)[C@@H](NC(=O)[C@@H](NC(=O)OC)C(C)(C)C)C(C)(C)C)C(C(=O)N[C@@H]1C(=O)C(=O)NC1CC1)[C@@H]23. The van der Waals surface area contributed by atoms with Crippen LogP contribution >= 0.6 is 0 Å². The fourth-order valence-electron chi connectivity index (χ4n) is 7.37. The zero-order chi connectivity index (χ0) is 32.0. The molecule has 4 fully saturated rings. The summed E-state index contributed by atoms with van der Waals surface area (Å²) >= 11 is 0. The summed E-state index contributed by atoms with van der Waals surface area (Å²) in [6.45, 7) is 13.2. The third kappa shape index (κ3) is 6.67. The van der Waals surface area contributed by atoms with E-state index in [9.17, 15) is 28.8 Å². The lowest BCUT2D eigenvalue weighted by atomic mass is 9.75. The van der Waals surface area contributed by atoms with Gasteiger partial charge in [0.2, 0.25) is 23.5 Å². The van der Waals surface area contributed by atoms with Crippen LogP contribution in [0.2, 0.25) is 0 Å². The molecule has 0 bridgehead atoms. The van der Waals surface area contributed by atoms with Gasteiger partial charge < -0.3 is 30.9 Å². The zero-order valence-corrected chi connectivity index (χ0v) is 26.7. The van der Waals surface area contributed by atoms with Crippen LogP contribution < -0.4 is 21.3 Å². The maximum atomic E-state index is 14.4. The van der Waals surface area contributed by atoms with E-state index in [1.165, 1.54) is 7.11 Å². The quantitative estimate of drug-likeness (QED) is 0.306. The van der Waals surface area contributed by atoms with Crippen molar-refractivity contribution in [2.24, 2.45) is 34.5 Å². The summed E-state index contributed by atoms with van der Waals surface area (Å²) in [5, 5.41) is 11.1. The molecule has 0 aromatic carbocycles. The van der Waals surface area contributed by atoms with E-state index in [-0.39, 0.29) is 35.6 Å². The molecule has 12 nitrogen and oxygen atoms in total. The third-order valence-corrected chi connectivity index (χ3v) is 9.73. The Morgan fingerprint density at radius 3 is 2.12 bits per heavy atom. The van der Waals surface area contributed by atoms with E-state index in [4.69, 9.17) is 4.74 Å². The van der Waals surface area contributed by atoms with Crippen LogP contribution in [-0.2, 0) is 28.7 Å². The lowest BCUT2D eigenvalue weighted by molar-refractivity contribution is -0.145. The summed E-state index contributed by atoms with van der Waals surface area (Å²) in [5.74, 6) is -2.92. The number of nitrogens with zero attached hydrogens (tertiary/aromatic N) is 1. The van der Waals surface area contributed by atoms with Crippen molar-refractivity contribution < 1.29 is 33.5 Å². The standard InChI is InChI=1S/C31H49N5O7/c1-9-17-18-13-10-15-14-36(21(19(15)18)25(38)33-20(17)22(37)26(39)32-16-11-12-16)28(41)24(31(5,6)7)34-27(40)23(30(2,3)4)35-29(42)43-8/h15-21,23-24H,9-14H2,1-8H3,(H,32,39)(H,33,38)(H,34,40)(H,35,42)/t15-,17?,18?,19+,20-,21?,23+,24+/m0/s1. The normalized spacial score (nSPS) is 29.9. The van der Waals surface area contributed by atoms with Gasteiger partial charge in [0.1, 0.15) is 24.2 Å². The summed E-state index contributed by atoms with van der Waals surface area (Å²) < 4.78 is 4.72. The first-order valence-corrected chi connectivity index (χ1v) is 15.6. The lowest BCUT2D eigenvalue weighted by Crippen LogP contribution is -2.62. The van der Waals surface area contributed by atoms with Crippen LogP contribution in [0.4, 0.5) is 4.79 Å². The highest BCUT2D eigenvalue weighted by atomic mass is 16.5. The van der Waals surface area contributed by atoms with Crippen molar-refractivity contribution in [1.29, 1.82) is 0 Å². The first kappa shape index (κ1) is 32.7. The number of rotatable bonds is 8. The van der Waals surface area contributed by atoms with Crippen LogP contribution in [0.5, 0.6) is 0 Å². The highest BCUT2D eigenvalue weighted by Gasteiger charge is 2.60. The third-order valence-electron chi connectivity index (χ3n) is 9.73. The van der Waals surface area contributed by atoms with Gasteiger partial charge in [0, 0.05) is 12.6 Å². The van der Waals surface area contributed by atoms with E-state index >= 15 is 0 Å². The molecule has 8 atom stereocenters. The molecule has 4 rings (SSSR count). The van der Waals surface area contributed by atoms with Gasteiger partial charge in [-0.1, -0.05) is 54.9 Å². The van der Waals surface area contributed by atoms with Gasteiger partial charge >= 0.3 is 6.09 Å². The van der Waals surface area contributed by atoms with E-state index in [1.807, 2.05) is 27.7 Å². The minimum Gasteiger partial charge on any atom is -0.453 e. The van der Waals surface area contributed by atoms with Crippen molar-refractivity contribution in [1.82, 2.24) is 26.2 Å². The van der Waals surface area contributed by atoms with Crippen molar-refractivity contribution in [3.63, 3.8) is 0 Å². The van der Waals surface area contributed by atoms with Gasteiger partial charge in [-0.25, -0.2) is 4.79 Å². The maximum Gasteiger partial charge on any atom is 0.407 e. The van der Waals surface area contributed by atoms with Gasteiger partial charge in [0.05, 0.1) is 7.11 Å². The van der Waals surface area contributed by atoms with Crippen LogP contribution in [0, 0.1) is 34.5 Å². The van der Waals surface area contributed by atoms with E-state index in [1.54, 1.807) is 25.7 Å². The minimum atomic E-state index is -0.999. The monoisotopic (exact) mass is 603 g/mol. The zero-order valence-electron chi connectivity index (χ0n) is 26.7. The average Bonchev–Trinajstić information content (AvgIpc) is 3.55. The fourth-order valence-corrected chi connectivity index (χ4v) is 7.37. The second-order valence-corrected chi connectivity index (χ2v) is 14.9. The molecule has 0 aromatic heterocycles. The smallest absolute Gasteiger partial charge is 0.407 e. The van der Waals surface area contributed by atoms with Crippen molar-refractivity contribution in [2.45, 2.75) is 111 Å². The fraction of sp³-hybridized carbons (Fsp3) is 0.806. The highest BCUT2D eigenvalue weighted by Crippen LogP contribution is 2.52. The van der Waals surface area contributed by atoms with Crippen LogP contribution in [0.15, 0.2) is 0 Å². The second kappa shape index (κ2) is 12.1. The highest BCUT2D eigenvalue weighted by molar-refractivity contribution is 6.38. The molecule has 2 aliphatic heterocycles. The molecule has 240 valence electrons. The second-order valence-electron chi connectivity index (χ2n) is 14.9. The number of carbonyl (C=O) groups is 6. The molecule has 43 heavy (non-hydrogen) atoms. The number of ketones is 1. The molecular weight excluding hydrogens is 554 g/mol. The predicted molar refractivity (Wildman–Crippen MR) is 157 cm³/mol. The van der Waals surface area contributed by atoms with Crippen molar-refractivity contribution in [3.05, 3.63) is 0 Å². The van der Waals surface area contributed by atoms with Crippen molar-refractivity contribution in [2.75, 3.05) is 13.7 Å². The molecular formula is C31H49N5O7. The summed E-state index contributed by atoms with van der Waals surface area (Å²) in [5.41, 5.74) is -1.42. The molecule has 2 saturated carbocycles. The molecule has 12 heteroatoms. The summed E-state index contributed by atoms with van der Waals surface area (Å²) in [6.07, 6.45) is 3.18. The van der Waals surface area contributed by atoms with Gasteiger partial charge in [-0.2, -0.15) is 0 Å². The Morgan fingerprint density at radius 1 is 0.953 bits per heavy atom. The molecule has 0 radical (unpaired) electrons. The summed E-state index contributed by atoms with van der Waals surface area (Å²) in [6, 6.07) is -3.72. The molecule has 4 N–H and O–H groups in total. The van der Waals surface area contributed by atoms with Crippen molar-refractivity contribution >= 4 is 35.5 Å². The van der Waals surface area contributed by atoms with E-state index in [0.29, 0.717) is 13.0 Å². The number of hydrogen-bond acceptors (Lipinski definition) is 7. The topological polar surface area (TPSA) is 163 Å². The van der Waals surface area contributed by atoms with Gasteiger partial charge in [-0.15, -0.1) is 0 Å². The Balaban J connectivity index is 1.61. The van der Waals surface area contributed by atoms with Gasteiger partial charge in [0.15, 0.2) is 0 Å². The molecule has 5 amide bonds. The predicted octanol–water partition coefficient (Wildman–Crippen LogP) is 1.51. The summed E-state index contributed by atoms with van der Waals surface area (Å²) in [4.78, 5) is 81.6. The average molecular weight is 604 g/mol. The largest absolute Gasteiger partial charge is 0.453 e. The molecule has 0 aromatic rings. The minimum absolute atomic E-state index is 0.00312. The first-order chi connectivity index (χ1) is 20.0. The molecule has 0 spiro atoms. The Morgan fingerprint density at radius 2 is 1.58 bits per heavy atom. The Labute approximate surface area is 254 Å². The van der Waals surface area contributed by atoms with Gasteiger partial charge in [-0.3, -0.25) is 24.0 Å². The Kier molecular flexibility index (Phi) is 9.19. The van der Waals surface area contributed by atoms with Crippen LogP contribution in [0.25, 0.3) is 0 Å². The molecule has 2 saturated heterocycles. The number of ether oxygens (including phenoxy) is 1. The first-order valence-electron chi connectivity index (χ1n) is 15.6. The number of Topliss-reactive ketones (excluding diaryl/α,β-unsaturated/α-hetero) is 1. The van der Waals surface area contributed by atoms with Crippen LogP contribution in [0.3, 0.4) is 0 Å². The summed E-state index contributed by atoms with van der Waals surface area (Å²) in [7, 11) is 1.21. The Bertz CT molecular complexity index is 1150. The van der Waals surface area contributed by atoms with Gasteiger partial charge in [0.25, 0.3) is 5.91 Å². The number of hydrogen-bond donors (Lipinski definition) is 4. The maximum absolute atomic E-state index is 14.4. The molecule has 2 heterocycles.